The van der Waals surface area contributed by atoms with Crippen molar-refractivity contribution in [2.45, 2.75) is 25.3 Å². The first kappa shape index (κ1) is 15.9. The summed E-state index contributed by atoms with van der Waals surface area (Å²) < 4.78 is 7.72. The van der Waals surface area contributed by atoms with Gasteiger partial charge in [0, 0.05) is 8.95 Å². The van der Waals surface area contributed by atoms with Gasteiger partial charge in [0.25, 0.3) is 0 Å². The Morgan fingerprint density at radius 3 is 2.50 bits per heavy atom. The molecule has 1 unspecified atom stereocenters. The molecule has 0 saturated heterocycles. The molecule has 2 rings (SSSR count). The molecular formula is C16H15Br2ClO. The van der Waals surface area contributed by atoms with Crippen LogP contribution in [0.2, 0.25) is 0 Å². The van der Waals surface area contributed by atoms with Gasteiger partial charge in [-0.3, -0.25) is 0 Å². The van der Waals surface area contributed by atoms with E-state index in [2.05, 4.69) is 31.9 Å². The summed E-state index contributed by atoms with van der Waals surface area (Å²) in [4.78, 5) is 0. The predicted octanol–water partition coefficient (Wildman–Crippen LogP) is 6.33. The highest BCUT2D eigenvalue weighted by Gasteiger charge is 2.15. The Morgan fingerprint density at radius 1 is 1.05 bits per heavy atom. The molecule has 106 valence electrons. The van der Waals surface area contributed by atoms with E-state index in [0.29, 0.717) is 0 Å². The van der Waals surface area contributed by atoms with Gasteiger partial charge in [0.2, 0.25) is 0 Å². The fourth-order valence-electron chi connectivity index (χ4n) is 1.91. The third-order valence-corrected chi connectivity index (χ3v) is 4.46. The summed E-state index contributed by atoms with van der Waals surface area (Å²) in [6, 6.07) is 13.9. The number of rotatable bonds is 4. The van der Waals surface area contributed by atoms with Crippen LogP contribution in [0, 0.1) is 0 Å². The molecular weight excluding hydrogens is 403 g/mol. The molecule has 1 atom stereocenters. The van der Waals surface area contributed by atoms with E-state index in [1.165, 1.54) is 0 Å². The Labute approximate surface area is 141 Å². The lowest BCUT2D eigenvalue weighted by molar-refractivity contribution is 0.242. The van der Waals surface area contributed by atoms with Crippen LogP contribution in [0.3, 0.4) is 0 Å². The summed E-state index contributed by atoms with van der Waals surface area (Å²) in [6.07, 6.45) is 0.150. The lowest BCUT2D eigenvalue weighted by atomic mass is 10.0. The summed E-state index contributed by atoms with van der Waals surface area (Å²) in [5.41, 5.74) is 2.05. The number of halogens is 3. The third-order valence-electron chi connectivity index (χ3n) is 2.75. The summed E-state index contributed by atoms with van der Waals surface area (Å²) in [5.74, 6) is 0.842. The van der Waals surface area contributed by atoms with Gasteiger partial charge in [-0.05, 0) is 55.3 Å². The van der Waals surface area contributed by atoms with Crippen molar-refractivity contribution in [1.82, 2.24) is 0 Å². The molecule has 0 heterocycles. The van der Waals surface area contributed by atoms with E-state index < -0.39 is 0 Å². The molecule has 0 aromatic heterocycles. The van der Waals surface area contributed by atoms with Crippen molar-refractivity contribution >= 4 is 43.5 Å². The van der Waals surface area contributed by atoms with Crippen molar-refractivity contribution in [3.8, 4) is 5.75 Å². The Balaban J connectivity index is 2.33. The summed E-state index contributed by atoms with van der Waals surface area (Å²) in [7, 11) is 0. The average Bonchev–Trinajstić information content (AvgIpc) is 2.40. The Hall–Kier alpha value is -0.510. The van der Waals surface area contributed by atoms with E-state index in [-0.39, 0.29) is 11.5 Å². The van der Waals surface area contributed by atoms with E-state index >= 15 is 0 Å². The molecule has 4 heteroatoms. The Bertz CT molecular complexity index is 599. The summed E-state index contributed by atoms with van der Waals surface area (Å²) in [5, 5.41) is -0.224. The van der Waals surface area contributed by atoms with E-state index in [9.17, 15) is 0 Å². The van der Waals surface area contributed by atoms with Crippen LogP contribution in [0.4, 0.5) is 0 Å². The van der Waals surface area contributed by atoms with Crippen LogP contribution in [0.5, 0.6) is 5.75 Å². The molecule has 0 spiro atoms. The smallest absolute Gasteiger partial charge is 0.120 e. The van der Waals surface area contributed by atoms with Crippen LogP contribution in [0.15, 0.2) is 51.4 Å². The lowest BCUT2D eigenvalue weighted by Crippen LogP contribution is -2.06. The van der Waals surface area contributed by atoms with E-state index in [0.717, 1.165) is 25.8 Å². The number of hydrogen-bond acceptors (Lipinski definition) is 1. The average molecular weight is 419 g/mol. The first-order chi connectivity index (χ1) is 9.47. The van der Waals surface area contributed by atoms with Crippen LogP contribution < -0.4 is 4.74 Å². The van der Waals surface area contributed by atoms with Crippen molar-refractivity contribution in [3.63, 3.8) is 0 Å². The normalized spacial score (nSPS) is 12.5. The number of alkyl halides is 1. The molecule has 0 aliphatic carbocycles. The largest absolute Gasteiger partial charge is 0.491 e. The maximum absolute atomic E-state index is 6.61. The summed E-state index contributed by atoms with van der Waals surface area (Å²) in [6.45, 7) is 4.02. The number of hydrogen-bond donors (Lipinski definition) is 0. The minimum atomic E-state index is -0.224. The minimum Gasteiger partial charge on any atom is -0.491 e. The van der Waals surface area contributed by atoms with Crippen LogP contribution in [0.25, 0.3) is 0 Å². The summed E-state index contributed by atoms with van der Waals surface area (Å²) >= 11 is 13.6. The fourth-order valence-corrected chi connectivity index (χ4v) is 3.21. The molecule has 20 heavy (non-hydrogen) atoms. The van der Waals surface area contributed by atoms with Gasteiger partial charge >= 0.3 is 0 Å². The van der Waals surface area contributed by atoms with Crippen LogP contribution >= 0.6 is 43.5 Å². The molecule has 0 saturated carbocycles. The topological polar surface area (TPSA) is 9.23 Å². The second kappa shape index (κ2) is 6.97. The quantitative estimate of drug-likeness (QED) is 0.528. The molecule has 0 N–H and O–H groups in total. The first-order valence-corrected chi connectivity index (χ1v) is 8.35. The van der Waals surface area contributed by atoms with Crippen molar-refractivity contribution in [3.05, 3.63) is 62.5 Å². The van der Waals surface area contributed by atoms with Crippen molar-refractivity contribution in [1.29, 1.82) is 0 Å². The second-order valence-corrected chi connectivity index (χ2v) is 6.97. The van der Waals surface area contributed by atoms with Gasteiger partial charge in [-0.1, -0.05) is 44.0 Å². The lowest BCUT2D eigenvalue weighted by Gasteiger charge is -2.15. The van der Waals surface area contributed by atoms with Crippen LogP contribution in [0.1, 0.15) is 30.4 Å². The highest BCUT2D eigenvalue weighted by Crippen LogP contribution is 2.36. The van der Waals surface area contributed by atoms with Crippen molar-refractivity contribution in [2.24, 2.45) is 0 Å². The monoisotopic (exact) mass is 416 g/mol. The van der Waals surface area contributed by atoms with Gasteiger partial charge in [0.05, 0.1) is 11.5 Å². The highest BCUT2D eigenvalue weighted by molar-refractivity contribution is 9.11. The van der Waals surface area contributed by atoms with Crippen molar-refractivity contribution < 1.29 is 4.74 Å². The fraction of sp³-hybridized carbons (Fsp3) is 0.250. The van der Waals surface area contributed by atoms with Crippen molar-refractivity contribution in [2.75, 3.05) is 0 Å². The Kier molecular flexibility index (Phi) is 5.53. The molecule has 2 aromatic carbocycles. The molecule has 0 bridgehead atoms. The first-order valence-electron chi connectivity index (χ1n) is 6.33. The molecule has 1 nitrogen and oxygen atoms in total. The van der Waals surface area contributed by atoms with Gasteiger partial charge in [0.1, 0.15) is 5.75 Å². The van der Waals surface area contributed by atoms with Gasteiger partial charge < -0.3 is 4.74 Å². The minimum absolute atomic E-state index is 0.150. The van der Waals surface area contributed by atoms with Gasteiger partial charge in [-0.15, -0.1) is 11.6 Å². The van der Waals surface area contributed by atoms with E-state index in [1.807, 2.05) is 56.3 Å². The zero-order valence-corrected chi connectivity index (χ0v) is 15.2. The molecule has 0 amide bonds. The molecule has 0 radical (unpaired) electrons. The number of benzene rings is 2. The van der Waals surface area contributed by atoms with Gasteiger partial charge in [-0.2, -0.15) is 0 Å². The van der Waals surface area contributed by atoms with Crippen LogP contribution in [-0.4, -0.2) is 6.10 Å². The second-order valence-electron chi connectivity index (χ2n) is 4.77. The predicted molar refractivity (Wildman–Crippen MR) is 91.7 cm³/mol. The molecule has 0 aliphatic rings. The maximum atomic E-state index is 6.61. The zero-order chi connectivity index (χ0) is 14.7. The molecule has 0 fully saturated rings. The highest BCUT2D eigenvalue weighted by atomic mass is 79.9. The molecule has 0 aliphatic heterocycles. The molecule has 2 aromatic rings. The number of ether oxygens (including phenoxy) is 1. The third kappa shape index (κ3) is 4.00. The van der Waals surface area contributed by atoms with E-state index in [4.69, 9.17) is 16.3 Å². The maximum Gasteiger partial charge on any atom is 0.120 e. The SMILES string of the molecule is CC(C)Oc1cccc(C(Cl)c2cc(Br)ccc2Br)c1. The zero-order valence-electron chi connectivity index (χ0n) is 11.2. The van der Waals surface area contributed by atoms with E-state index in [1.54, 1.807) is 0 Å². The van der Waals surface area contributed by atoms with Gasteiger partial charge in [-0.25, -0.2) is 0 Å². The van der Waals surface area contributed by atoms with Crippen LogP contribution in [-0.2, 0) is 0 Å². The van der Waals surface area contributed by atoms with Gasteiger partial charge in [0.15, 0.2) is 0 Å². The Morgan fingerprint density at radius 2 is 1.80 bits per heavy atom. The standard InChI is InChI=1S/C16H15Br2ClO/c1-10(2)20-13-5-3-4-11(8-13)16(19)14-9-12(17)6-7-15(14)18/h3-10,16H,1-2H3.